The second-order valence-corrected chi connectivity index (χ2v) is 4.62. The Morgan fingerprint density at radius 1 is 1.39 bits per heavy atom. The first-order valence-electron chi connectivity index (χ1n) is 6.31. The van der Waals surface area contributed by atoms with Gasteiger partial charge in [0.25, 0.3) is 0 Å². The first kappa shape index (κ1) is 15.0. The third-order valence-corrected chi connectivity index (χ3v) is 2.92. The van der Waals surface area contributed by atoms with E-state index in [-0.39, 0.29) is 0 Å². The smallest absolute Gasteiger partial charge is 0.125 e. The van der Waals surface area contributed by atoms with Gasteiger partial charge in [0.15, 0.2) is 0 Å². The SMILES string of the molecule is COc1c(C)cc(C)cc1CCNCC(O)CN. The summed E-state index contributed by atoms with van der Waals surface area (Å²) in [7, 11) is 1.70. The molecule has 4 heteroatoms. The molecule has 0 spiro atoms. The van der Waals surface area contributed by atoms with Crippen LogP contribution in [-0.4, -0.2) is 38.0 Å². The monoisotopic (exact) mass is 252 g/mol. The molecule has 0 saturated heterocycles. The van der Waals surface area contributed by atoms with Gasteiger partial charge in [-0.3, -0.25) is 0 Å². The number of nitrogens with one attached hydrogen (secondary N) is 1. The Balaban J connectivity index is 2.56. The van der Waals surface area contributed by atoms with E-state index in [1.807, 2.05) is 0 Å². The predicted octanol–water partition coefficient (Wildman–Crippen LogP) is 0.764. The summed E-state index contributed by atoms with van der Waals surface area (Å²) in [4.78, 5) is 0. The molecule has 0 amide bonds. The third-order valence-electron chi connectivity index (χ3n) is 2.92. The highest BCUT2D eigenvalue weighted by Gasteiger charge is 2.07. The van der Waals surface area contributed by atoms with E-state index >= 15 is 0 Å². The standard InChI is InChI=1S/C14H24N2O2/c1-10-6-11(2)14(18-3)12(7-10)4-5-16-9-13(17)8-15/h6-7,13,16-17H,4-5,8-9,15H2,1-3H3. The highest BCUT2D eigenvalue weighted by Crippen LogP contribution is 2.25. The van der Waals surface area contributed by atoms with E-state index in [2.05, 4.69) is 31.3 Å². The molecule has 4 nitrogen and oxygen atoms in total. The Morgan fingerprint density at radius 2 is 2.11 bits per heavy atom. The summed E-state index contributed by atoms with van der Waals surface area (Å²) in [6, 6.07) is 4.26. The summed E-state index contributed by atoms with van der Waals surface area (Å²) in [5, 5.41) is 12.5. The molecule has 0 bridgehead atoms. The van der Waals surface area contributed by atoms with E-state index in [0.29, 0.717) is 13.1 Å². The molecule has 1 aromatic carbocycles. The molecule has 0 fully saturated rings. The number of rotatable bonds is 7. The molecular weight excluding hydrogens is 228 g/mol. The number of aliphatic hydroxyl groups excluding tert-OH is 1. The number of methoxy groups -OCH3 is 1. The largest absolute Gasteiger partial charge is 0.496 e. The maximum atomic E-state index is 9.33. The number of hydrogen-bond donors (Lipinski definition) is 3. The van der Waals surface area contributed by atoms with Crippen LogP contribution in [-0.2, 0) is 6.42 Å². The van der Waals surface area contributed by atoms with Crippen molar-refractivity contribution in [3.8, 4) is 5.75 Å². The van der Waals surface area contributed by atoms with Crippen LogP contribution < -0.4 is 15.8 Å². The van der Waals surface area contributed by atoms with E-state index in [1.165, 1.54) is 11.1 Å². The van der Waals surface area contributed by atoms with Crippen molar-refractivity contribution in [3.63, 3.8) is 0 Å². The molecule has 1 unspecified atom stereocenters. The molecule has 102 valence electrons. The van der Waals surface area contributed by atoms with E-state index in [1.54, 1.807) is 7.11 Å². The number of benzene rings is 1. The van der Waals surface area contributed by atoms with Crippen molar-refractivity contribution in [2.45, 2.75) is 26.4 Å². The highest BCUT2D eigenvalue weighted by molar-refractivity contribution is 5.43. The first-order chi connectivity index (χ1) is 8.58. The average molecular weight is 252 g/mol. The number of ether oxygens (including phenoxy) is 1. The summed E-state index contributed by atoms with van der Waals surface area (Å²) < 4.78 is 5.43. The number of nitrogens with two attached hydrogens (primary N) is 1. The number of hydrogen-bond acceptors (Lipinski definition) is 4. The normalized spacial score (nSPS) is 12.5. The zero-order valence-corrected chi connectivity index (χ0v) is 11.5. The Bertz CT molecular complexity index is 380. The summed E-state index contributed by atoms with van der Waals surface area (Å²) in [5.74, 6) is 0.960. The van der Waals surface area contributed by atoms with Crippen LogP contribution in [0.2, 0.25) is 0 Å². The van der Waals surface area contributed by atoms with E-state index < -0.39 is 6.10 Å². The minimum absolute atomic E-state index is 0.292. The topological polar surface area (TPSA) is 67.5 Å². The first-order valence-corrected chi connectivity index (χ1v) is 6.31. The van der Waals surface area contributed by atoms with Crippen molar-refractivity contribution in [2.24, 2.45) is 5.73 Å². The lowest BCUT2D eigenvalue weighted by atomic mass is 10.0. The minimum atomic E-state index is -0.467. The van der Waals surface area contributed by atoms with Gasteiger partial charge in [0.2, 0.25) is 0 Å². The maximum Gasteiger partial charge on any atom is 0.125 e. The van der Waals surface area contributed by atoms with E-state index in [0.717, 1.165) is 24.3 Å². The Hall–Kier alpha value is -1.10. The second-order valence-electron chi connectivity index (χ2n) is 4.62. The van der Waals surface area contributed by atoms with Crippen LogP contribution in [0.1, 0.15) is 16.7 Å². The van der Waals surface area contributed by atoms with Gasteiger partial charge >= 0.3 is 0 Å². The molecule has 0 saturated carbocycles. The van der Waals surface area contributed by atoms with Crippen LogP contribution in [0.4, 0.5) is 0 Å². The molecule has 1 atom stereocenters. The molecule has 18 heavy (non-hydrogen) atoms. The van der Waals surface area contributed by atoms with Gasteiger partial charge in [0.05, 0.1) is 13.2 Å². The molecule has 4 N–H and O–H groups in total. The fraction of sp³-hybridized carbons (Fsp3) is 0.571. The molecule has 1 aromatic rings. The lowest BCUT2D eigenvalue weighted by Gasteiger charge is -2.14. The van der Waals surface area contributed by atoms with Crippen molar-refractivity contribution < 1.29 is 9.84 Å². The predicted molar refractivity (Wildman–Crippen MR) is 74.1 cm³/mol. The Kier molecular flexibility index (Phi) is 6.12. The van der Waals surface area contributed by atoms with E-state index in [9.17, 15) is 5.11 Å². The van der Waals surface area contributed by atoms with Crippen LogP contribution in [0, 0.1) is 13.8 Å². The summed E-state index contributed by atoms with van der Waals surface area (Å²) in [6.45, 7) is 5.77. The summed E-state index contributed by atoms with van der Waals surface area (Å²) in [5.41, 5.74) is 8.94. The molecule has 0 heterocycles. The molecule has 0 aliphatic carbocycles. The van der Waals surface area contributed by atoms with Crippen molar-refractivity contribution in [1.29, 1.82) is 0 Å². The molecule has 0 aliphatic rings. The number of aliphatic hydroxyl groups is 1. The van der Waals surface area contributed by atoms with Gasteiger partial charge in [-0.15, -0.1) is 0 Å². The second kappa shape index (κ2) is 7.36. The fourth-order valence-electron chi connectivity index (χ4n) is 2.10. The lowest BCUT2D eigenvalue weighted by Crippen LogP contribution is -2.33. The zero-order valence-electron chi connectivity index (χ0n) is 11.5. The Labute approximate surface area is 109 Å². The fourth-order valence-corrected chi connectivity index (χ4v) is 2.10. The van der Waals surface area contributed by atoms with Gasteiger partial charge in [0.1, 0.15) is 5.75 Å². The van der Waals surface area contributed by atoms with Gasteiger partial charge in [-0.05, 0) is 37.9 Å². The van der Waals surface area contributed by atoms with Gasteiger partial charge in [0, 0.05) is 13.1 Å². The Morgan fingerprint density at radius 3 is 2.72 bits per heavy atom. The maximum absolute atomic E-state index is 9.33. The number of aryl methyl sites for hydroxylation is 2. The van der Waals surface area contributed by atoms with Gasteiger partial charge in [-0.25, -0.2) is 0 Å². The summed E-state index contributed by atoms with van der Waals surface area (Å²) in [6.07, 6.45) is 0.411. The zero-order chi connectivity index (χ0) is 13.5. The van der Waals surface area contributed by atoms with Crippen molar-refractivity contribution >= 4 is 0 Å². The van der Waals surface area contributed by atoms with Crippen molar-refractivity contribution in [3.05, 3.63) is 28.8 Å². The molecule has 1 rings (SSSR count). The minimum Gasteiger partial charge on any atom is -0.496 e. The van der Waals surface area contributed by atoms with Crippen LogP contribution in [0.5, 0.6) is 5.75 Å². The van der Waals surface area contributed by atoms with Gasteiger partial charge in [-0.2, -0.15) is 0 Å². The molecular formula is C14H24N2O2. The summed E-state index contributed by atoms with van der Waals surface area (Å²) >= 11 is 0. The quantitative estimate of drug-likeness (QED) is 0.627. The molecule has 0 aliphatic heterocycles. The highest BCUT2D eigenvalue weighted by atomic mass is 16.5. The molecule has 0 radical (unpaired) electrons. The van der Waals surface area contributed by atoms with Crippen LogP contribution in [0.25, 0.3) is 0 Å². The third kappa shape index (κ3) is 4.29. The average Bonchev–Trinajstić information content (AvgIpc) is 2.33. The van der Waals surface area contributed by atoms with Crippen molar-refractivity contribution in [2.75, 3.05) is 26.7 Å². The van der Waals surface area contributed by atoms with Crippen LogP contribution >= 0.6 is 0 Å². The van der Waals surface area contributed by atoms with Crippen molar-refractivity contribution in [1.82, 2.24) is 5.32 Å². The van der Waals surface area contributed by atoms with Gasteiger partial charge in [-0.1, -0.05) is 17.7 Å². The van der Waals surface area contributed by atoms with Crippen LogP contribution in [0.3, 0.4) is 0 Å². The lowest BCUT2D eigenvalue weighted by molar-refractivity contribution is 0.180. The van der Waals surface area contributed by atoms with E-state index in [4.69, 9.17) is 10.5 Å². The van der Waals surface area contributed by atoms with Crippen LogP contribution in [0.15, 0.2) is 12.1 Å². The molecule has 0 aromatic heterocycles. The van der Waals surface area contributed by atoms with Gasteiger partial charge < -0.3 is 20.9 Å².